The number of benzene rings is 2. The molecule has 7 nitrogen and oxygen atoms in total. The first-order chi connectivity index (χ1) is 12.8. The van der Waals surface area contributed by atoms with Crippen LogP contribution in [0.5, 0.6) is 0 Å². The molecule has 0 spiro atoms. The molecule has 0 atom stereocenters. The maximum absolute atomic E-state index is 12.4. The van der Waals surface area contributed by atoms with E-state index in [1.165, 1.54) is 36.7 Å². The van der Waals surface area contributed by atoms with Crippen LogP contribution in [-0.4, -0.2) is 24.3 Å². The molecule has 2 N–H and O–H groups in total. The SMILES string of the molecule is Cc1ccc(C(=O)Nc2ccc(S(=O)(=O)Nc3ncccn3)cc2)c(C)c1. The van der Waals surface area contributed by atoms with E-state index in [9.17, 15) is 13.2 Å². The van der Waals surface area contributed by atoms with Crippen LogP contribution in [0.3, 0.4) is 0 Å². The van der Waals surface area contributed by atoms with Gasteiger partial charge in [0.1, 0.15) is 0 Å². The second-order valence-electron chi connectivity index (χ2n) is 5.97. The normalized spacial score (nSPS) is 11.0. The number of rotatable bonds is 5. The molecular formula is C19H18N4O3S. The van der Waals surface area contributed by atoms with Crippen LogP contribution in [0.2, 0.25) is 0 Å². The van der Waals surface area contributed by atoms with Crippen molar-refractivity contribution in [3.05, 3.63) is 77.6 Å². The van der Waals surface area contributed by atoms with Crippen molar-refractivity contribution in [1.82, 2.24) is 9.97 Å². The molecule has 3 rings (SSSR count). The van der Waals surface area contributed by atoms with Gasteiger partial charge in [-0.2, -0.15) is 0 Å². The molecule has 0 bridgehead atoms. The standard InChI is InChI=1S/C19H18N4O3S/c1-13-4-9-17(14(2)12-13)18(24)22-15-5-7-16(8-6-15)27(25,26)23-19-20-10-3-11-21-19/h3-12H,1-2H3,(H,22,24)(H,20,21,23). The average molecular weight is 382 g/mol. The Morgan fingerprint density at radius 2 is 1.63 bits per heavy atom. The number of nitrogens with one attached hydrogen (secondary N) is 2. The molecule has 0 aliphatic heterocycles. The van der Waals surface area contributed by atoms with E-state index < -0.39 is 10.0 Å². The van der Waals surface area contributed by atoms with Crippen LogP contribution in [0, 0.1) is 13.8 Å². The summed E-state index contributed by atoms with van der Waals surface area (Å²) in [7, 11) is -3.81. The molecule has 0 aliphatic carbocycles. The van der Waals surface area contributed by atoms with E-state index in [0.717, 1.165) is 11.1 Å². The van der Waals surface area contributed by atoms with E-state index in [0.29, 0.717) is 11.3 Å². The molecular weight excluding hydrogens is 364 g/mol. The highest BCUT2D eigenvalue weighted by Crippen LogP contribution is 2.18. The zero-order valence-corrected chi connectivity index (χ0v) is 15.6. The fourth-order valence-corrected chi connectivity index (χ4v) is 3.47. The molecule has 0 unspecified atom stereocenters. The Morgan fingerprint density at radius 1 is 0.963 bits per heavy atom. The Bertz CT molecular complexity index is 1070. The third kappa shape index (κ3) is 4.48. The number of carbonyl (C=O) groups excluding carboxylic acids is 1. The van der Waals surface area contributed by atoms with Crippen LogP contribution in [-0.2, 0) is 10.0 Å². The average Bonchev–Trinajstić information content (AvgIpc) is 2.62. The minimum absolute atomic E-state index is 0.00951. The monoisotopic (exact) mass is 382 g/mol. The van der Waals surface area contributed by atoms with Gasteiger partial charge >= 0.3 is 0 Å². The second-order valence-corrected chi connectivity index (χ2v) is 7.66. The number of anilines is 2. The fourth-order valence-electron chi connectivity index (χ4n) is 2.52. The highest BCUT2D eigenvalue weighted by Gasteiger charge is 2.16. The third-order valence-corrected chi connectivity index (χ3v) is 5.18. The number of nitrogens with zero attached hydrogens (tertiary/aromatic N) is 2. The van der Waals surface area contributed by atoms with E-state index in [1.807, 2.05) is 26.0 Å². The minimum atomic E-state index is -3.81. The van der Waals surface area contributed by atoms with Gasteiger partial charge in [0.25, 0.3) is 15.9 Å². The quantitative estimate of drug-likeness (QED) is 0.706. The van der Waals surface area contributed by atoms with Crippen molar-refractivity contribution in [1.29, 1.82) is 0 Å². The van der Waals surface area contributed by atoms with Crippen LogP contribution in [0.15, 0.2) is 65.8 Å². The lowest BCUT2D eigenvalue weighted by Crippen LogP contribution is -2.16. The van der Waals surface area contributed by atoms with Crippen LogP contribution in [0.1, 0.15) is 21.5 Å². The Hall–Kier alpha value is -3.26. The van der Waals surface area contributed by atoms with Gasteiger partial charge in [0.05, 0.1) is 4.90 Å². The summed E-state index contributed by atoms with van der Waals surface area (Å²) < 4.78 is 27.0. The van der Waals surface area contributed by atoms with E-state index >= 15 is 0 Å². The highest BCUT2D eigenvalue weighted by molar-refractivity contribution is 7.92. The molecule has 3 aromatic rings. The summed E-state index contributed by atoms with van der Waals surface area (Å²) in [5.41, 5.74) is 3.02. The minimum Gasteiger partial charge on any atom is -0.322 e. The van der Waals surface area contributed by atoms with Crippen molar-refractivity contribution in [2.24, 2.45) is 0 Å². The summed E-state index contributed by atoms with van der Waals surface area (Å²) in [6.45, 7) is 3.83. The molecule has 1 amide bonds. The van der Waals surface area contributed by atoms with Crippen LogP contribution in [0.25, 0.3) is 0 Å². The second kappa shape index (κ2) is 7.55. The number of sulfonamides is 1. The summed E-state index contributed by atoms with van der Waals surface area (Å²) >= 11 is 0. The van der Waals surface area contributed by atoms with Gasteiger partial charge in [0.2, 0.25) is 5.95 Å². The van der Waals surface area contributed by atoms with Crippen molar-refractivity contribution in [3.63, 3.8) is 0 Å². The molecule has 138 valence electrons. The Kier molecular flexibility index (Phi) is 5.18. The zero-order valence-electron chi connectivity index (χ0n) is 14.8. The lowest BCUT2D eigenvalue weighted by atomic mass is 10.1. The molecule has 0 saturated heterocycles. The lowest BCUT2D eigenvalue weighted by Gasteiger charge is -2.10. The predicted octanol–water partition coefficient (Wildman–Crippen LogP) is 3.15. The fraction of sp³-hybridized carbons (Fsp3) is 0.105. The highest BCUT2D eigenvalue weighted by atomic mass is 32.2. The van der Waals surface area contributed by atoms with Gasteiger partial charge in [-0.25, -0.2) is 23.1 Å². The molecule has 0 aliphatic rings. The third-order valence-electron chi connectivity index (χ3n) is 3.84. The van der Waals surface area contributed by atoms with Crippen molar-refractivity contribution < 1.29 is 13.2 Å². The largest absolute Gasteiger partial charge is 0.322 e. The first-order valence-corrected chi connectivity index (χ1v) is 9.62. The van der Waals surface area contributed by atoms with E-state index in [4.69, 9.17) is 0 Å². The number of aryl methyl sites for hydroxylation is 2. The topological polar surface area (TPSA) is 101 Å². The van der Waals surface area contributed by atoms with Crippen LogP contribution < -0.4 is 10.0 Å². The Morgan fingerprint density at radius 3 is 2.26 bits per heavy atom. The first kappa shape index (κ1) is 18.5. The van der Waals surface area contributed by atoms with Gasteiger partial charge in [-0.1, -0.05) is 17.7 Å². The molecule has 1 heterocycles. The number of carbonyl (C=O) groups is 1. The van der Waals surface area contributed by atoms with E-state index in [1.54, 1.807) is 12.1 Å². The van der Waals surface area contributed by atoms with Gasteiger partial charge in [0.15, 0.2) is 0 Å². The zero-order chi connectivity index (χ0) is 19.4. The Labute approximate surface area is 157 Å². The summed E-state index contributed by atoms with van der Waals surface area (Å²) in [6.07, 6.45) is 2.88. The summed E-state index contributed by atoms with van der Waals surface area (Å²) in [5, 5.41) is 2.77. The molecule has 2 aromatic carbocycles. The molecule has 0 radical (unpaired) electrons. The van der Waals surface area contributed by atoms with Gasteiger partial charge in [-0.15, -0.1) is 0 Å². The van der Waals surface area contributed by atoms with Crippen molar-refractivity contribution in [2.45, 2.75) is 18.7 Å². The summed E-state index contributed by atoms with van der Waals surface area (Å²) in [4.78, 5) is 20.1. The molecule has 8 heteroatoms. The van der Waals surface area contributed by atoms with E-state index in [2.05, 4.69) is 20.0 Å². The summed E-state index contributed by atoms with van der Waals surface area (Å²) in [5.74, 6) is -0.261. The maximum atomic E-state index is 12.4. The first-order valence-electron chi connectivity index (χ1n) is 8.14. The summed E-state index contributed by atoms with van der Waals surface area (Å²) in [6, 6.07) is 13.0. The van der Waals surface area contributed by atoms with E-state index in [-0.39, 0.29) is 16.8 Å². The number of hydrogen-bond acceptors (Lipinski definition) is 5. The molecule has 0 saturated carbocycles. The number of aromatic nitrogens is 2. The van der Waals surface area contributed by atoms with Crippen molar-refractivity contribution >= 4 is 27.6 Å². The molecule has 0 fully saturated rings. The van der Waals surface area contributed by atoms with Gasteiger partial charge in [-0.3, -0.25) is 4.79 Å². The number of hydrogen-bond donors (Lipinski definition) is 2. The van der Waals surface area contributed by atoms with Crippen molar-refractivity contribution in [2.75, 3.05) is 10.0 Å². The predicted molar refractivity (Wildman–Crippen MR) is 103 cm³/mol. The van der Waals surface area contributed by atoms with Crippen molar-refractivity contribution in [3.8, 4) is 0 Å². The Balaban J connectivity index is 1.74. The lowest BCUT2D eigenvalue weighted by molar-refractivity contribution is 0.102. The van der Waals surface area contributed by atoms with Gasteiger partial charge in [-0.05, 0) is 55.8 Å². The number of amides is 1. The van der Waals surface area contributed by atoms with Crippen LogP contribution in [0.4, 0.5) is 11.6 Å². The smallest absolute Gasteiger partial charge is 0.264 e. The van der Waals surface area contributed by atoms with Gasteiger partial charge < -0.3 is 5.32 Å². The molecule has 27 heavy (non-hydrogen) atoms. The van der Waals surface area contributed by atoms with Gasteiger partial charge in [0, 0.05) is 23.6 Å². The maximum Gasteiger partial charge on any atom is 0.264 e. The van der Waals surface area contributed by atoms with Crippen LogP contribution >= 0.6 is 0 Å². The molecule has 1 aromatic heterocycles.